The molecule has 0 aliphatic carbocycles. The van der Waals surface area contributed by atoms with Gasteiger partial charge in [-0.05, 0) is 18.9 Å². The molecule has 1 atom stereocenters. The van der Waals surface area contributed by atoms with Crippen LogP contribution in [0.5, 0.6) is 0 Å². The molecule has 2 heterocycles. The lowest BCUT2D eigenvalue weighted by molar-refractivity contribution is -0.123. The zero-order valence-corrected chi connectivity index (χ0v) is 18.1. The van der Waals surface area contributed by atoms with Gasteiger partial charge in [-0.2, -0.15) is 23.5 Å². The van der Waals surface area contributed by atoms with Crippen molar-refractivity contribution in [2.75, 3.05) is 23.0 Å². The molecule has 1 unspecified atom stereocenters. The van der Waals surface area contributed by atoms with E-state index in [1.54, 1.807) is 0 Å². The number of hydrogen-bond donors (Lipinski definition) is 3. The molecule has 160 valence electrons. The van der Waals surface area contributed by atoms with Crippen LogP contribution in [-0.4, -0.2) is 61.8 Å². The summed E-state index contributed by atoms with van der Waals surface area (Å²) in [5, 5.41) is 17.7. The molecular formula is C20H29N3O4S2. The molecule has 2 aromatic rings. The highest BCUT2D eigenvalue weighted by Gasteiger charge is 2.19. The number of nitrogens with zero attached hydrogens (tertiary/aromatic N) is 2. The maximum Gasteiger partial charge on any atom is 0.290 e. The standard InChI is InChI=1S/C18H25N3S2.2CH2O2/c1-15-19-8-10-21(15)9-7-18(16-5-3-2-4-6-16)20-17-13-22-11-12-23-14-17;2*2-1-3/h2-6,8,10,17-18,20H,7,9,11-14H2,1H3;2*1H,(H,2,3). The van der Waals surface area contributed by atoms with Gasteiger partial charge in [0.25, 0.3) is 12.9 Å². The Bertz CT molecular complexity index is 671. The molecule has 0 amide bonds. The third-order valence-electron chi connectivity index (χ3n) is 4.23. The van der Waals surface area contributed by atoms with Crippen molar-refractivity contribution in [3.63, 3.8) is 0 Å². The van der Waals surface area contributed by atoms with E-state index in [4.69, 9.17) is 19.8 Å². The molecular weight excluding hydrogens is 410 g/mol. The van der Waals surface area contributed by atoms with E-state index in [0.717, 1.165) is 18.8 Å². The Labute approximate surface area is 180 Å². The molecule has 0 radical (unpaired) electrons. The molecule has 1 aliphatic rings. The second-order valence-corrected chi connectivity index (χ2v) is 8.44. The Morgan fingerprint density at radius 2 is 1.76 bits per heavy atom. The van der Waals surface area contributed by atoms with E-state index in [1.165, 1.54) is 28.6 Å². The SMILES string of the molecule is Cc1nccn1CCC(NC1CSCCSC1)c1ccccc1.O=CO.O=CO. The Morgan fingerprint density at radius 1 is 1.17 bits per heavy atom. The van der Waals surface area contributed by atoms with E-state index < -0.39 is 0 Å². The van der Waals surface area contributed by atoms with Crippen LogP contribution in [0.15, 0.2) is 42.7 Å². The first-order chi connectivity index (χ1) is 14.2. The van der Waals surface area contributed by atoms with Crippen molar-refractivity contribution >= 4 is 36.5 Å². The topological polar surface area (TPSA) is 104 Å². The van der Waals surface area contributed by atoms with Crippen molar-refractivity contribution in [2.24, 2.45) is 0 Å². The minimum absolute atomic E-state index is 0.250. The fourth-order valence-electron chi connectivity index (χ4n) is 2.94. The lowest BCUT2D eigenvalue weighted by Crippen LogP contribution is -2.37. The van der Waals surface area contributed by atoms with E-state index in [2.05, 4.69) is 81.8 Å². The van der Waals surface area contributed by atoms with Crippen molar-refractivity contribution in [2.45, 2.75) is 32.0 Å². The van der Waals surface area contributed by atoms with Gasteiger partial charge in [-0.15, -0.1) is 0 Å². The third-order valence-corrected chi connectivity index (χ3v) is 6.75. The number of benzene rings is 1. The molecule has 1 aliphatic heterocycles. The summed E-state index contributed by atoms with van der Waals surface area (Å²) in [6, 6.07) is 11.9. The van der Waals surface area contributed by atoms with Gasteiger partial charge in [0.15, 0.2) is 0 Å². The summed E-state index contributed by atoms with van der Waals surface area (Å²) in [5.74, 6) is 6.11. The summed E-state index contributed by atoms with van der Waals surface area (Å²) in [7, 11) is 0. The van der Waals surface area contributed by atoms with Crippen LogP contribution in [0.25, 0.3) is 0 Å². The first-order valence-corrected chi connectivity index (χ1v) is 11.6. The molecule has 3 N–H and O–H groups in total. The third kappa shape index (κ3) is 10.4. The molecule has 1 aromatic heterocycles. The van der Waals surface area contributed by atoms with Crippen molar-refractivity contribution in [1.82, 2.24) is 14.9 Å². The minimum Gasteiger partial charge on any atom is -0.483 e. The van der Waals surface area contributed by atoms with Crippen LogP contribution in [0, 0.1) is 6.92 Å². The van der Waals surface area contributed by atoms with E-state index in [0.29, 0.717) is 12.1 Å². The summed E-state index contributed by atoms with van der Waals surface area (Å²) < 4.78 is 2.24. The number of aryl methyl sites for hydroxylation is 2. The summed E-state index contributed by atoms with van der Waals surface area (Å²) >= 11 is 4.16. The van der Waals surface area contributed by atoms with E-state index in [9.17, 15) is 0 Å². The number of imidazole rings is 1. The number of hydrogen-bond acceptors (Lipinski definition) is 6. The van der Waals surface area contributed by atoms with Gasteiger partial charge in [0, 0.05) is 54.0 Å². The van der Waals surface area contributed by atoms with Gasteiger partial charge in [0.2, 0.25) is 0 Å². The Balaban J connectivity index is 0.000000626. The number of aromatic nitrogens is 2. The molecule has 29 heavy (non-hydrogen) atoms. The lowest BCUT2D eigenvalue weighted by Gasteiger charge is -2.25. The summed E-state index contributed by atoms with van der Waals surface area (Å²) in [4.78, 5) is 21.1. The maximum absolute atomic E-state index is 8.36. The smallest absolute Gasteiger partial charge is 0.290 e. The minimum atomic E-state index is -0.250. The van der Waals surface area contributed by atoms with Crippen molar-refractivity contribution < 1.29 is 19.8 Å². The highest BCUT2D eigenvalue weighted by atomic mass is 32.2. The second-order valence-electron chi connectivity index (χ2n) is 6.14. The number of thioether (sulfide) groups is 2. The van der Waals surface area contributed by atoms with E-state index in [-0.39, 0.29) is 12.9 Å². The van der Waals surface area contributed by atoms with Crippen LogP contribution in [0.3, 0.4) is 0 Å². The first-order valence-electron chi connectivity index (χ1n) is 9.26. The van der Waals surface area contributed by atoms with Crippen LogP contribution in [0.1, 0.15) is 23.9 Å². The van der Waals surface area contributed by atoms with Gasteiger partial charge in [-0.1, -0.05) is 30.3 Å². The van der Waals surface area contributed by atoms with Crippen LogP contribution in [0.4, 0.5) is 0 Å². The molecule has 1 aromatic carbocycles. The molecule has 7 nitrogen and oxygen atoms in total. The van der Waals surface area contributed by atoms with Gasteiger partial charge in [0.05, 0.1) is 0 Å². The Kier molecular flexibility index (Phi) is 13.7. The van der Waals surface area contributed by atoms with Crippen LogP contribution in [0.2, 0.25) is 0 Å². The molecule has 3 rings (SSSR count). The van der Waals surface area contributed by atoms with Gasteiger partial charge >= 0.3 is 0 Å². The normalized spacial score (nSPS) is 14.9. The Morgan fingerprint density at radius 3 is 2.28 bits per heavy atom. The van der Waals surface area contributed by atoms with E-state index in [1.807, 2.05) is 6.20 Å². The highest BCUT2D eigenvalue weighted by Crippen LogP contribution is 2.23. The summed E-state index contributed by atoms with van der Waals surface area (Å²) in [5.41, 5.74) is 1.39. The average molecular weight is 440 g/mol. The zero-order chi connectivity index (χ0) is 21.3. The fraction of sp³-hybridized carbons (Fsp3) is 0.450. The molecule has 0 bridgehead atoms. The quantitative estimate of drug-likeness (QED) is 0.590. The Hall–Kier alpha value is -1.97. The number of rotatable bonds is 6. The highest BCUT2D eigenvalue weighted by molar-refractivity contribution is 8.03. The van der Waals surface area contributed by atoms with Crippen molar-refractivity contribution in [3.05, 3.63) is 54.1 Å². The van der Waals surface area contributed by atoms with E-state index >= 15 is 0 Å². The molecule has 0 spiro atoms. The maximum atomic E-state index is 8.36. The molecule has 1 fully saturated rings. The van der Waals surface area contributed by atoms with Gasteiger partial charge in [-0.25, -0.2) is 4.98 Å². The van der Waals surface area contributed by atoms with Crippen molar-refractivity contribution in [3.8, 4) is 0 Å². The fourth-order valence-corrected chi connectivity index (χ4v) is 5.36. The average Bonchev–Trinajstić information content (AvgIpc) is 2.97. The predicted molar refractivity (Wildman–Crippen MR) is 120 cm³/mol. The molecule has 1 saturated heterocycles. The number of nitrogens with one attached hydrogen (secondary N) is 1. The number of carbonyl (C=O) groups is 2. The molecule has 9 heteroatoms. The first kappa shape index (κ1) is 25.1. The van der Waals surface area contributed by atoms with Crippen molar-refractivity contribution in [1.29, 1.82) is 0 Å². The largest absolute Gasteiger partial charge is 0.483 e. The van der Waals surface area contributed by atoms with Crippen LogP contribution in [-0.2, 0) is 16.1 Å². The lowest BCUT2D eigenvalue weighted by atomic mass is 10.0. The van der Waals surface area contributed by atoms with Gasteiger partial charge < -0.3 is 20.1 Å². The second kappa shape index (κ2) is 15.9. The zero-order valence-electron chi connectivity index (χ0n) is 16.5. The predicted octanol–water partition coefficient (Wildman–Crippen LogP) is 3.16. The van der Waals surface area contributed by atoms with Gasteiger partial charge in [-0.3, -0.25) is 9.59 Å². The monoisotopic (exact) mass is 439 g/mol. The molecule has 0 saturated carbocycles. The van der Waals surface area contributed by atoms with Gasteiger partial charge in [0.1, 0.15) is 5.82 Å². The van der Waals surface area contributed by atoms with Crippen LogP contribution >= 0.6 is 23.5 Å². The summed E-state index contributed by atoms with van der Waals surface area (Å²) in [6.07, 6.45) is 5.06. The number of carboxylic acid groups (broad SMARTS) is 2. The van der Waals surface area contributed by atoms with Crippen LogP contribution < -0.4 is 5.32 Å². The summed E-state index contributed by atoms with van der Waals surface area (Å²) in [6.45, 7) is 2.58.